The molecule has 3 atom stereocenters. The SMILES string of the molecule is CCn1c(SCC(=O)NC2CC3CCC2(C)C3(C)C)nnc1-c1ccccc1C. The molecule has 0 aliphatic heterocycles. The Hall–Kier alpha value is -1.82. The molecule has 1 aromatic carbocycles. The van der Waals surface area contributed by atoms with Crippen molar-refractivity contribution < 1.29 is 4.79 Å². The number of hydrogen-bond donors (Lipinski definition) is 1. The number of aryl methyl sites for hydroxylation is 1. The smallest absolute Gasteiger partial charge is 0.230 e. The first-order chi connectivity index (χ1) is 13.8. The first-order valence-electron chi connectivity index (χ1n) is 10.7. The molecule has 29 heavy (non-hydrogen) atoms. The molecule has 1 heterocycles. The number of thioether (sulfide) groups is 1. The van der Waals surface area contributed by atoms with Crippen LogP contribution in [0.2, 0.25) is 0 Å². The number of fused-ring (bicyclic) bond motifs is 2. The van der Waals surface area contributed by atoms with E-state index in [2.05, 4.69) is 66.8 Å². The number of carbonyl (C=O) groups excluding carboxylic acids is 1. The highest BCUT2D eigenvalue weighted by Gasteiger charge is 2.61. The second kappa shape index (κ2) is 7.46. The van der Waals surface area contributed by atoms with Crippen LogP contribution >= 0.6 is 11.8 Å². The third-order valence-corrected chi connectivity index (χ3v) is 8.85. The highest BCUT2D eigenvalue weighted by atomic mass is 32.2. The van der Waals surface area contributed by atoms with Crippen molar-refractivity contribution >= 4 is 17.7 Å². The summed E-state index contributed by atoms with van der Waals surface area (Å²) < 4.78 is 2.10. The van der Waals surface area contributed by atoms with Crippen LogP contribution in [0.5, 0.6) is 0 Å². The van der Waals surface area contributed by atoms with Crippen molar-refractivity contribution in [2.24, 2.45) is 16.7 Å². The summed E-state index contributed by atoms with van der Waals surface area (Å²) in [5.41, 5.74) is 2.79. The molecular weight excluding hydrogens is 380 g/mol. The second-order valence-electron chi connectivity index (χ2n) is 9.38. The van der Waals surface area contributed by atoms with Crippen LogP contribution in [0.3, 0.4) is 0 Å². The Labute approximate surface area is 178 Å². The van der Waals surface area contributed by atoms with Crippen LogP contribution in [0.1, 0.15) is 52.5 Å². The number of benzene rings is 1. The molecule has 3 unspecified atom stereocenters. The predicted molar refractivity (Wildman–Crippen MR) is 118 cm³/mol. The van der Waals surface area contributed by atoms with Gasteiger partial charge < -0.3 is 9.88 Å². The van der Waals surface area contributed by atoms with Gasteiger partial charge in [0.15, 0.2) is 11.0 Å². The van der Waals surface area contributed by atoms with Gasteiger partial charge in [0.25, 0.3) is 0 Å². The average Bonchev–Trinajstić information content (AvgIpc) is 3.25. The Kier molecular flexibility index (Phi) is 5.26. The number of rotatable bonds is 6. The van der Waals surface area contributed by atoms with E-state index in [0.29, 0.717) is 11.2 Å². The summed E-state index contributed by atoms with van der Waals surface area (Å²) in [4.78, 5) is 12.7. The van der Waals surface area contributed by atoms with Crippen molar-refractivity contribution in [1.29, 1.82) is 0 Å². The normalized spacial score (nSPS) is 27.3. The fourth-order valence-electron chi connectivity index (χ4n) is 5.49. The van der Waals surface area contributed by atoms with E-state index in [-0.39, 0.29) is 17.4 Å². The van der Waals surface area contributed by atoms with Gasteiger partial charge in [-0.15, -0.1) is 10.2 Å². The molecule has 6 heteroatoms. The van der Waals surface area contributed by atoms with E-state index in [1.807, 2.05) is 12.1 Å². The summed E-state index contributed by atoms with van der Waals surface area (Å²) in [7, 11) is 0. The van der Waals surface area contributed by atoms with Crippen LogP contribution in [0.4, 0.5) is 0 Å². The maximum absolute atomic E-state index is 12.7. The molecule has 2 aromatic rings. The van der Waals surface area contributed by atoms with Crippen LogP contribution < -0.4 is 5.32 Å². The monoisotopic (exact) mass is 412 g/mol. The maximum Gasteiger partial charge on any atom is 0.230 e. The Balaban J connectivity index is 1.42. The molecule has 0 radical (unpaired) electrons. The summed E-state index contributed by atoms with van der Waals surface area (Å²) in [5.74, 6) is 2.08. The van der Waals surface area contributed by atoms with Crippen LogP contribution in [0, 0.1) is 23.7 Å². The zero-order valence-electron chi connectivity index (χ0n) is 18.2. The minimum atomic E-state index is 0.104. The van der Waals surface area contributed by atoms with Crippen LogP contribution in [0.25, 0.3) is 11.4 Å². The lowest BCUT2D eigenvalue weighted by Crippen LogP contribution is -2.47. The maximum atomic E-state index is 12.7. The third kappa shape index (κ3) is 3.29. The standard InChI is InChI=1S/C23H32N4OS/c1-6-27-20(17-10-8-7-9-15(17)2)25-26-21(27)29-14-19(28)24-18-13-16-11-12-23(18,5)22(16,3)4/h7-10,16,18H,6,11-14H2,1-5H3,(H,24,28). The number of hydrogen-bond acceptors (Lipinski definition) is 4. The quantitative estimate of drug-likeness (QED) is 0.699. The summed E-state index contributed by atoms with van der Waals surface area (Å²) in [5, 5.41) is 13.0. The first kappa shape index (κ1) is 20.5. The number of nitrogens with zero attached hydrogens (tertiary/aromatic N) is 3. The average molecular weight is 413 g/mol. The molecule has 2 aliphatic rings. The van der Waals surface area contributed by atoms with Gasteiger partial charge >= 0.3 is 0 Å². The van der Waals surface area contributed by atoms with E-state index in [0.717, 1.165) is 35.4 Å². The molecule has 0 saturated heterocycles. The number of nitrogens with one attached hydrogen (secondary N) is 1. The lowest BCUT2D eigenvalue weighted by atomic mass is 9.69. The van der Waals surface area contributed by atoms with Crippen molar-refractivity contribution in [3.8, 4) is 11.4 Å². The van der Waals surface area contributed by atoms with Crippen LogP contribution in [-0.4, -0.2) is 32.5 Å². The lowest BCUT2D eigenvalue weighted by Gasteiger charge is -2.39. The molecule has 1 N–H and O–H groups in total. The lowest BCUT2D eigenvalue weighted by molar-refractivity contribution is -0.120. The third-order valence-electron chi connectivity index (χ3n) is 7.88. The van der Waals surface area contributed by atoms with Gasteiger partial charge in [-0.3, -0.25) is 4.79 Å². The van der Waals surface area contributed by atoms with E-state index < -0.39 is 0 Å². The van der Waals surface area contributed by atoms with Gasteiger partial charge in [-0.1, -0.05) is 56.8 Å². The molecule has 2 bridgehead atoms. The summed E-state index contributed by atoms with van der Waals surface area (Å²) in [6.45, 7) is 12.1. The van der Waals surface area contributed by atoms with E-state index in [1.54, 1.807) is 0 Å². The number of amides is 1. The largest absolute Gasteiger partial charge is 0.352 e. The van der Waals surface area contributed by atoms with Crippen molar-refractivity contribution in [3.63, 3.8) is 0 Å². The highest BCUT2D eigenvalue weighted by molar-refractivity contribution is 7.99. The van der Waals surface area contributed by atoms with Gasteiger partial charge in [-0.05, 0) is 55.4 Å². The number of carbonyl (C=O) groups is 1. The van der Waals surface area contributed by atoms with E-state index in [4.69, 9.17) is 0 Å². The molecule has 156 valence electrons. The Morgan fingerprint density at radius 2 is 2.03 bits per heavy atom. The summed E-state index contributed by atoms with van der Waals surface area (Å²) >= 11 is 1.48. The molecule has 5 nitrogen and oxygen atoms in total. The Morgan fingerprint density at radius 1 is 1.28 bits per heavy atom. The van der Waals surface area contributed by atoms with Gasteiger partial charge in [-0.2, -0.15) is 0 Å². The highest BCUT2D eigenvalue weighted by Crippen LogP contribution is 2.65. The minimum Gasteiger partial charge on any atom is -0.352 e. The van der Waals surface area contributed by atoms with Crippen molar-refractivity contribution in [3.05, 3.63) is 29.8 Å². The summed E-state index contributed by atoms with van der Waals surface area (Å²) in [6.07, 6.45) is 3.63. The second-order valence-corrected chi connectivity index (χ2v) is 10.3. The molecule has 2 saturated carbocycles. The Morgan fingerprint density at radius 3 is 2.66 bits per heavy atom. The van der Waals surface area contributed by atoms with Gasteiger partial charge in [0.2, 0.25) is 5.91 Å². The molecule has 4 rings (SSSR count). The Bertz CT molecular complexity index is 921. The fraction of sp³-hybridized carbons (Fsp3) is 0.609. The van der Waals surface area contributed by atoms with E-state index in [1.165, 1.54) is 30.2 Å². The molecule has 2 fully saturated rings. The van der Waals surface area contributed by atoms with Crippen molar-refractivity contribution in [2.45, 2.75) is 71.6 Å². The fourth-order valence-corrected chi connectivity index (χ4v) is 6.31. The first-order valence-corrected chi connectivity index (χ1v) is 11.7. The summed E-state index contributed by atoms with van der Waals surface area (Å²) in [6, 6.07) is 8.50. The van der Waals surface area contributed by atoms with E-state index >= 15 is 0 Å². The van der Waals surface area contributed by atoms with Gasteiger partial charge in [-0.25, -0.2) is 0 Å². The van der Waals surface area contributed by atoms with E-state index in [9.17, 15) is 4.79 Å². The topological polar surface area (TPSA) is 59.8 Å². The minimum absolute atomic E-state index is 0.104. The zero-order valence-corrected chi connectivity index (χ0v) is 19.0. The molecular formula is C23H32N4OS. The molecule has 2 aliphatic carbocycles. The van der Waals surface area contributed by atoms with Gasteiger partial charge in [0.05, 0.1) is 5.75 Å². The molecule has 1 aromatic heterocycles. The van der Waals surface area contributed by atoms with Crippen LogP contribution in [-0.2, 0) is 11.3 Å². The number of aromatic nitrogens is 3. The zero-order chi connectivity index (χ0) is 20.8. The predicted octanol–water partition coefficient (Wildman–Crippen LogP) is 4.70. The van der Waals surface area contributed by atoms with Crippen molar-refractivity contribution in [2.75, 3.05) is 5.75 Å². The molecule has 0 spiro atoms. The van der Waals surface area contributed by atoms with Gasteiger partial charge in [0.1, 0.15) is 0 Å². The molecule has 1 amide bonds. The van der Waals surface area contributed by atoms with Crippen molar-refractivity contribution in [1.82, 2.24) is 20.1 Å². The van der Waals surface area contributed by atoms with Crippen LogP contribution in [0.15, 0.2) is 29.4 Å². The van der Waals surface area contributed by atoms with Gasteiger partial charge in [0, 0.05) is 18.2 Å².